The number of amides is 2. The number of benzene rings is 1. The number of nitrogens with one attached hydrogen (secondary N) is 2. The van der Waals surface area contributed by atoms with Crippen molar-refractivity contribution in [3.05, 3.63) is 34.3 Å². The molecule has 0 fully saturated rings. The maximum Gasteiger partial charge on any atom is 0.315 e. The summed E-state index contributed by atoms with van der Waals surface area (Å²) in [6.07, 6.45) is 0.557. The van der Waals surface area contributed by atoms with Crippen molar-refractivity contribution in [2.45, 2.75) is 38.6 Å². The number of hydrogen-bond acceptors (Lipinski definition) is 2. The fourth-order valence-electron chi connectivity index (χ4n) is 1.95. The van der Waals surface area contributed by atoms with Crippen LogP contribution in [-0.2, 0) is 5.41 Å². The Kier molecular flexibility index (Phi) is 6.49. The van der Waals surface area contributed by atoms with Crippen LogP contribution in [0.3, 0.4) is 0 Å². The van der Waals surface area contributed by atoms with E-state index in [2.05, 4.69) is 46.5 Å². The molecular formula is C15H23BrN2O2. The van der Waals surface area contributed by atoms with E-state index in [9.17, 15) is 4.79 Å². The molecule has 112 valence electrons. The van der Waals surface area contributed by atoms with E-state index < -0.39 is 0 Å². The van der Waals surface area contributed by atoms with Gasteiger partial charge in [0.25, 0.3) is 0 Å². The van der Waals surface area contributed by atoms with Crippen molar-refractivity contribution in [2.24, 2.45) is 0 Å². The number of carbonyl (C=O) groups is 1. The molecule has 0 spiro atoms. The highest BCUT2D eigenvalue weighted by atomic mass is 79.9. The first kappa shape index (κ1) is 17.0. The first-order chi connectivity index (χ1) is 9.36. The molecule has 1 aromatic carbocycles. The Hall–Kier alpha value is -1.07. The van der Waals surface area contributed by atoms with Gasteiger partial charge in [0.15, 0.2) is 0 Å². The van der Waals surface area contributed by atoms with Gasteiger partial charge in [-0.1, -0.05) is 48.0 Å². The molecule has 1 rings (SSSR count). The SMILES string of the molecule is C[C@H](CCO)NC(=O)NCC(C)(C)c1ccccc1Br. The number of aliphatic hydroxyl groups is 1. The van der Waals surface area contributed by atoms with Crippen molar-refractivity contribution >= 4 is 22.0 Å². The molecule has 0 bridgehead atoms. The zero-order chi connectivity index (χ0) is 15.2. The van der Waals surface area contributed by atoms with E-state index in [1.165, 1.54) is 0 Å². The molecule has 0 aliphatic heterocycles. The predicted molar refractivity (Wildman–Crippen MR) is 84.9 cm³/mol. The fourth-order valence-corrected chi connectivity index (χ4v) is 2.77. The van der Waals surface area contributed by atoms with Crippen LogP contribution in [-0.4, -0.2) is 30.3 Å². The van der Waals surface area contributed by atoms with Crippen LogP contribution >= 0.6 is 15.9 Å². The van der Waals surface area contributed by atoms with E-state index in [1.807, 2.05) is 25.1 Å². The van der Waals surface area contributed by atoms with Crippen LogP contribution in [0.2, 0.25) is 0 Å². The predicted octanol–water partition coefficient (Wildman–Crippen LogP) is 2.80. The monoisotopic (exact) mass is 342 g/mol. The first-order valence-electron chi connectivity index (χ1n) is 6.77. The molecule has 0 saturated heterocycles. The Morgan fingerprint density at radius 3 is 2.65 bits per heavy atom. The van der Waals surface area contributed by atoms with Gasteiger partial charge in [0, 0.05) is 29.1 Å². The lowest BCUT2D eigenvalue weighted by Crippen LogP contribution is -2.45. The number of carbonyl (C=O) groups excluding carboxylic acids is 1. The van der Waals surface area contributed by atoms with Crippen LogP contribution in [0.25, 0.3) is 0 Å². The van der Waals surface area contributed by atoms with Gasteiger partial charge in [-0.15, -0.1) is 0 Å². The number of aliphatic hydroxyl groups excluding tert-OH is 1. The quantitative estimate of drug-likeness (QED) is 0.744. The number of urea groups is 1. The molecular weight excluding hydrogens is 320 g/mol. The summed E-state index contributed by atoms with van der Waals surface area (Å²) < 4.78 is 1.04. The second-order valence-electron chi connectivity index (χ2n) is 5.60. The molecule has 2 amide bonds. The average Bonchev–Trinajstić information content (AvgIpc) is 2.37. The minimum absolute atomic E-state index is 0.0356. The summed E-state index contributed by atoms with van der Waals surface area (Å²) in [5.41, 5.74) is 0.987. The summed E-state index contributed by atoms with van der Waals surface area (Å²) >= 11 is 3.54. The molecule has 1 aromatic rings. The van der Waals surface area contributed by atoms with Gasteiger partial charge in [-0.2, -0.15) is 0 Å². The Bertz CT molecular complexity index is 449. The minimum Gasteiger partial charge on any atom is -0.396 e. The largest absolute Gasteiger partial charge is 0.396 e. The van der Waals surface area contributed by atoms with Crippen molar-refractivity contribution in [2.75, 3.05) is 13.2 Å². The molecule has 5 heteroatoms. The molecule has 0 saturated carbocycles. The molecule has 3 N–H and O–H groups in total. The van der Waals surface area contributed by atoms with Crippen LogP contribution in [0.5, 0.6) is 0 Å². The van der Waals surface area contributed by atoms with Crippen molar-refractivity contribution in [1.82, 2.24) is 10.6 Å². The van der Waals surface area contributed by atoms with Gasteiger partial charge in [0.2, 0.25) is 0 Å². The molecule has 20 heavy (non-hydrogen) atoms. The van der Waals surface area contributed by atoms with Gasteiger partial charge in [0.1, 0.15) is 0 Å². The highest BCUT2D eigenvalue weighted by molar-refractivity contribution is 9.10. The van der Waals surface area contributed by atoms with E-state index in [0.717, 1.165) is 10.0 Å². The zero-order valence-corrected chi connectivity index (χ0v) is 13.8. The molecule has 0 radical (unpaired) electrons. The first-order valence-corrected chi connectivity index (χ1v) is 7.56. The van der Waals surface area contributed by atoms with Crippen LogP contribution in [0.4, 0.5) is 4.79 Å². The van der Waals surface area contributed by atoms with Crippen LogP contribution in [0.15, 0.2) is 28.7 Å². The third-order valence-electron chi connectivity index (χ3n) is 3.23. The molecule has 0 aromatic heterocycles. The van der Waals surface area contributed by atoms with Crippen molar-refractivity contribution in [3.63, 3.8) is 0 Å². The van der Waals surface area contributed by atoms with Crippen LogP contribution in [0.1, 0.15) is 32.8 Å². The zero-order valence-electron chi connectivity index (χ0n) is 12.2. The van der Waals surface area contributed by atoms with E-state index in [4.69, 9.17) is 5.11 Å². The second-order valence-corrected chi connectivity index (χ2v) is 6.46. The average molecular weight is 343 g/mol. The van der Waals surface area contributed by atoms with Crippen molar-refractivity contribution in [3.8, 4) is 0 Å². The summed E-state index contributed by atoms with van der Waals surface area (Å²) in [6.45, 7) is 6.65. The second kappa shape index (κ2) is 7.64. The van der Waals surface area contributed by atoms with Crippen LogP contribution < -0.4 is 10.6 Å². The lowest BCUT2D eigenvalue weighted by atomic mass is 9.84. The van der Waals surface area contributed by atoms with E-state index in [-0.39, 0.29) is 24.1 Å². The van der Waals surface area contributed by atoms with Crippen molar-refractivity contribution in [1.29, 1.82) is 0 Å². The number of hydrogen-bond donors (Lipinski definition) is 3. The summed E-state index contributed by atoms with van der Waals surface area (Å²) in [5.74, 6) is 0. The maximum absolute atomic E-state index is 11.8. The Labute approximate surface area is 129 Å². The van der Waals surface area contributed by atoms with E-state index in [1.54, 1.807) is 0 Å². The Balaban J connectivity index is 2.55. The molecule has 0 heterocycles. The highest BCUT2D eigenvalue weighted by Crippen LogP contribution is 2.29. The summed E-state index contributed by atoms with van der Waals surface area (Å²) in [7, 11) is 0. The summed E-state index contributed by atoms with van der Waals surface area (Å²) in [6, 6.07) is 7.78. The fraction of sp³-hybridized carbons (Fsp3) is 0.533. The van der Waals surface area contributed by atoms with E-state index in [0.29, 0.717) is 13.0 Å². The number of halogens is 1. The molecule has 4 nitrogen and oxygen atoms in total. The van der Waals surface area contributed by atoms with Crippen molar-refractivity contribution < 1.29 is 9.90 Å². The lowest BCUT2D eigenvalue weighted by Gasteiger charge is -2.27. The maximum atomic E-state index is 11.8. The number of rotatable bonds is 6. The highest BCUT2D eigenvalue weighted by Gasteiger charge is 2.23. The van der Waals surface area contributed by atoms with Gasteiger partial charge in [-0.05, 0) is 25.0 Å². The van der Waals surface area contributed by atoms with Gasteiger partial charge in [-0.25, -0.2) is 4.79 Å². The van der Waals surface area contributed by atoms with Gasteiger partial charge < -0.3 is 15.7 Å². The van der Waals surface area contributed by atoms with Gasteiger partial charge in [-0.3, -0.25) is 0 Å². The molecule has 1 atom stereocenters. The Morgan fingerprint density at radius 2 is 2.05 bits per heavy atom. The smallest absolute Gasteiger partial charge is 0.315 e. The summed E-state index contributed by atoms with van der Waals surface area (Å²) in [4.78, 5) is 11.8. The molecule has 0 aliphatic carbocycles. The molecule has 0 aliphatic rings. The third kappa shape index (κ3) is 5.13. The van der Waals surface area contributed by atoms with E-state index >= 15 is 0 Å². The standard InChI is InChI=1S/C15H23BrN2O2/c1-11(8-9-19)18-14(20)17-10-15(2,3)12-6-4-5-7-13(12)16/h4-7,11,19H,8-10H2,1-3H3,(H2,17,18,20)/t11-/m1/s1. The Morgan fingerprint density at radius 1 is 1.40 bits per heavy atom. The third-order valence-corrected chi connectivity index (χ3v) is 3.92. The van der Waals surface area contributed by atoms with Gasteiger partial charge >= 0.3 is 6.03 Å². The van der Waals surface area contributed by atoms with Crippen LogP contribution in [0, 0.1) is 0 Å². The lowest BCUT2D eigenvalue weighted by molar-refractivity contribution is 0.229. The normalized spacial score (nSPS) is 12.8. The minimum atomic E-state index is -0.203. The van der Waals surface area contributed by atoms with Gasteiger partial charge in [0.05, 0.1) is 0 Å². The summed E-state index contributed by atoms with van der Waals surface area (Å²) in [5, 5.41) is 14.5. The topological polar surface area (TPSA) is 61.4 Å². The molecule has 0 unspecified atom stereocenters.